The van der Waals surface area contributed by atoms with Gasteiger partial charge in [-0.25, -0.2) is 0 Å². The molecule has 136 valence electrons. The fourth-order valence-electron chi connectivity index (χ4n) is 2.68. The number of rotatable bonds is 8. The maximum absolute atomic E-state index is 12.3. The van der Waals surface area contributed by atoms with Gasteiger partial charge in [0.15, 0.2) is 10.4 Å². The number of ether oxygens (including phenoxy) is 1. The van der Waals surface area contributed by atoms with Gasteiger partial charge in [0.25, 0.3) is 0 Å². The van der Waals surface area contributed by atoms with E-state index in [4.69, 9.17) is 9.15 Å². The summed E-state index contributed by atoms with van der Waals surface area (Å²) < 4.78 is 11.1. The second-order valence-electron chi connectivity index (χ2n) is 5.83. The normalized spacial score (nSPS) is 11.6. The number of hydrogen-bond donors (Lipinski definition) is 0. The number of esters is 1. The summed E-state index contributed by atoms with van der Waals surface area (Å²) in [5.74, 6) is -0.878. The Balaban J connectivity index is 2.21. The van der Waals surface area contributed by atoms with E-state index in [-0.39, 0.29) is 12.4 Å². The number of nitrogens with zero attached hydrogens (tertiary/aromatic N) is 1. The van der Waals surface area contributed by atoms with Crippen LogP contribution in [0.3, 0.4) is 0 Å². The van der Waals surface area contributed by atoms with E-state index in [0.717, 1.165) is 11.1 Å². The maximum atomic E-state index is 12.3. The lowest BCUT2D eigenvalue weighted by molar-refractivity contribution is -0.151. The molecule has 2 rings (SSSR count). The molecule has 0 aliphatic rings. The standard InChI is InChI=1S/C20H20BrNO4/c1-3-5-17(23)16(20(24)25-4-2)10-13-6-8-14(9-7-13)19-15(12-22)11-18(21)26-19/h6-9,11,16H,3-5,10H2,1-2H3. The summed E-state index contributed by atoms with van der Waals surface area (Å²) >= 11 is 3.22. The Morgan fingerprint density at radius 1 is 1.27 bits per heavy atom. The number of carbonyl (C=O) groups excluding carboxylic acids is 2. The molecule has 0 radical (unpaired) electrons. The van der Waals surface area contributed by atoms with Crippen molar-refractivity contribution in [3.8, 4) is 17.4 Å². The molecule has 0 aliphatic carbocycles. The predicted molar refractivity (Wildman–Crippen MR) is 100 cm³/mol. The van der Waals surface area contributed by atoms with Gasteiger partial charge in [-0.05, 0) is 41.3 Å². The van der Waals surface area contributed by atoms with Gasteiger partial charge < -0.3 is 9.15 Å². The Morgan fingerprint density at radius 2 is 1.96 bits per heavy atom. The number of hydrogen-bond acceptors (Lipinski definition) is 5. The maximum Gasteiger partial charge on any atom is 0.316 e. The van der Waals surface area contributed by atoms with E-state index in [0.29, 0.717) is 35.3 Å². The highest BCUT2D eigenvalue weighted by Crippen LogP contribution is 2.30. The summed E-state index contributed by atoms with van der Waals surface area (Å²) in [6.45, 7) is 3.88. The average molecular weight is 418 g/mol. The summed E-state index contributed by atoms with van der Waals surface area (Å²) in [4.78, 5) is 24.4. The highest BCUT2D eigenvalue weighted by Gasteiger charge is 2.27. The highest BCUT2D eigenvalue weighted by molar-refractivity contribution is 9.10. The Kier molecular flexibility index (Phi) is 7.16. The largest absolute Gasteiger partial charge is 0.465 e. The molecule has 1 atom stereocenters. The summed E-state index contributed by atoms with van der Waals surface area (Å²) in [7, 11) is 0. The first-order chi connectivity index (χ1) is 12.5. The number of halogens is 1. The zero-order valence-electron chi connectivity index (χ0n) is 14.8. The summed E-state index contributed by atoms with van der Waals surface area (Å²) in [5.41, 5.74) is 2.04. The number of carbonyl (C=O) groups is 2. The van der Waals surface area contributed by atoms with Crippen LogP contribution < -0.4 is 0 Å². The molecule has 1 aromatic carbocycles. The SMILES string of the molecule is CCCC(=O)C(Cc1ccc(-c2oc(Br)cc2C#N)cc1)C(=O)OCC. The van der Waals surface area contributed by atoms with Crippen molar-refractivity contribution >= 4 is 27.7 Å². The van der Waals surface area contributed by atoms with Crippen molar-refractivity contribution in [2.45, 2.75) is 33.1 Å². The van der Waals surface area contributed by atoms with Gasteiger partial charge in [-0.1, -0.05) is 31.2 Å². The number of benzene rings is 1. The Bertz CT molecular complexity index is 799. The van der Waals surface area contributed by atoms with Gasteiger partial charge in [0.05, 0.1) is 12.2 Å². The first-order valence-electron chi connectivity index (χ1n) is 8.48. The highest BCUT2D eigenvalue weighted by atomic mass is 79.9. The molecule has 1 heterocycles. The topological polar surface area (TPSA) is 80.3 Å². The minimum absolute atomic E-state index is 0.100. The van der Waals surface area contributed by atoms with Crippen LogP contribution >= 0.6 is 15.9 Å². The smallest absolute Gasteiger partial charge is 0.316 e. The van der Waals surface area contributed by atoms with E-state index in [1.165, 1.54) is 0 Å². The van der Waals surface area contributed by atoms with Gasteiger partial charge in [0.1, 0.15) is 17.8 Å². The van der Waals surface area contributed by atoms with E-state index in [1.807, 2.05) is 31.2 Å². The monoisotopic (exact) mass is 417 g/mol. The van der Waals surface area contributed by atoms with Crippen LogP contribution in [0.25, 0.3) is 11.3 Å². The third-order valence-electron chi connectivity index (χ3n) is 3.93. The van der Waals surface area contributed by atoms with E-state index in [2.05, 4.69) is 22.0 Å². The molecule has 1 unspecified atom stereocenters. The van der Waals surface area contributed by atoms with E-state index in [1.54, 1.807) is 13.0 Å². The fourth-order valence-corrected chi connectivity index (χ4v) is 3.07. The van der Waals surface area contributed by atoms with Gasteiger partial charge in [-0.15, -0.1) is 0 Å². The van der Waals surface area contributed by atoms with Gasteiger partial charge in [0, 0.05) is 18.1 Å². The lowest BCUT2D eigenvalue weighted by atomic mass is 9.92. The van der Waals surface area contributed by atoms with Gasteiger partial charge in [-0.3, -0.25) is 9.59 Å². The first kappa shape index (κ1) is 19.9. The van der Waals surface area contributed by atoms with E-state index in [9.17, 15) is 14.9 Å². The molecule has 1 aromatic heterocycles. The van der Waals surface area contributed by atoms with E-state index < -0.39 is 11.9 Å². The molecule has 0 aliphatic heterocycles. The zero-order chi connectivity index (χ0) is 19.1. The van der Waals surface area contributed by atoms with Gasteiger partial charge in [0.2, 0.25) is 0 Å². The number of furan rings is 1. The molecule has 0 N–H and O–H groups in total. The summed E-state index contributed by atoms with van der Waals surface area (Å²) in [5, 5.41) is 9.17. The molecule has 0 bridgehead atoms. The predicted octanol–water partition coefficient (Wildman–Crippen LogP) is 4.67. The lowest BCUT2D eigenvalue weighted by Gasteiger charge is -2.14. The van der Waals surface area contributed by atoms with Crippen LogP contribution in [-0.4, -0.2) is 18.4 Å². The van der Waals surface area contributed by atoms with Crippen molar-refractivity contribution in [2.24, 2.45) is 5.92 Å². The van der Waals surface area contributed by atoms with Crippen molar-refractivity contribution in [2.75, 3.05) is 6.61 Å². The summed E-state index contributed by atoms with van der Waals surface area (Å²) in [6, 6.07) is 11.0. The first-order valence-corrected chi connectivity index (χ1v) is 9.27. The van der Waals surface area contributed by atoms with Crippen LogP contribution in [-0.2, 0) is 20.7 Å². The van der Waals surface area contributed by atoms with Gasteiger partial charge >= 0.3 is 5.97 Å². The molecular formula is C20H20BrNO4. The van der Waals surface area contributed by atoms with Crippen LogP contribution in [0.2, 0.25) is 0 Å². The van der Waals surface area contributed by atoms with Crippen LogP contribution in [0.15, 0.2) is 39.4 Å². The number of ketones is 1. The third kappa shape index (κ3) is 4.83. The van der Waals surface area contributed by atoms with Crippen LogP contribution in [0.1, 0.15) is 37.8 Å². The third-order valence-corrected chi connectivity index (χ3v) is 4.33. The summed E-state index contributed by atoms with van der Waals surface area (Å²) in [6.07, 6.45) is 1.34. The number of Topliss-reactive ketones (excluding diaryl/α,β-unsaturated/α-hetero) is 1. The van der Waals surface area contributed by atoms with Crippen molar-refractivity contribution < 1.29 is 18.7 Å². The lowest BCUT2D eigenvalue weighted by Crippen LogP contribution is -2.28. The van der Waals surface area contributed by atoms with Crippen LogP contribution in [0.5, 0.6) is 0 Å². The average Bonchev–Trinajstić information content (AvgIpc) is 3.01. The molecule has 0 spiro atoms. The quantitative estimate of drug-likeness (QED) is 0.460. The molecular weight excluding hydrogens is 398 g/mol. The number of nitriles is 1. The second-order valence-corrected chi connectivity index (χ2v) is 6.61. The van der Waals surface area contributed by atoms with Crippen molar-refractivity contribution in [1.29, 1.82) is 5.26 Å². The Morgan fingerprint density at radius 3 is 2.54 bits per heavy atom. The van der Waals surface area contributed by atoms with Crippen molar-refractivity contribution in [3.05, 3.63) is 46.1 Å². The molecule has 6 heteroatoms. The molecule has 5 nitrogen and oxygen atoms in total. The Hall–Kier alpha value is -2.39. The van der Waals surface area contributed by atoms with Crippen LogP contribution in [0.4, 0.5) is 0 Å². The molecule has 0 saturated heterocycles. The zero-order valence-corrected chi connectivity index (χ0v) is 16.3. The van der Waals surface area contributed by atoms with Crippen LogP contribution in [0, 0.1) is 17.2 Å². The fraction of sp³-hybridized carbons (Fsp3) is 0.350. The minimum atomic E-state index is -0.784. The van der Waals surface area contributed by atoms with Gasteiger partial charge in [-0.2, -0.15) is 5.26 Å². The Labute approximate surface area is 161 Å². The minimum Gasteiger partial charge on any atom is -0.465 e. The molecule has 0 fully saturated rings. The van der Waals surface area contributed by atoms with Crippen molar-refractivity contribution in [1.82, 2.24) is 0 Å². The molecule has 2 aromatic rings. The second kappa shape index (κ2) is 9.35. The van der Waals surface area contributed by atoms with Crippen molar-refractivity contribution in [3.63, 3.8) is 0 Å². The van der Waals surface area contributed by atoms with E-state index >= 15 is 0 Å². The molecule has 26 heavy (non-hydrogen) atoms. The molecule has 0 amide bonds. The molecule has 0 saturated carbocycles.